The van der Waals surface area contributed by atoms with E-state index in [1.807, 2.05) is 6.07 Å². The maximum Gasteiger partial charge on any atom is 0.490 e. The largest absolute Gasteiger partial charge is 0.490 e. The van der Waals surface area contributed by atoms with E-state index in [2.05, 4.69) is 40.2 Å². The van der Waals surface area contributed by atoms with E-state index in [0.29, 0.717) is 0 Å². The normalized spacial score (nSPS) is 10.8. The minimum atomic E-state index is -5.08. The van der Waals surface area contributed by atoms with Crippen LogP contribution in [0.3, 0.4) is 0 Å². The fourth-order valence-electron chi connectivity index (χ4n) is 1.98. The molecule has 1 aromatic rings. The molecular weight excluding hydrogens is 361 g/mol. The highest BCUT2D eigenvalue weighted by Gasteiger charge is 2.38. The number of anilines is 1. The number of carboxylic acid groups (broad SMARTS) is 1. The fraction of sp³-hybridized carbons (Fsp3) is 0.611. The van der Waals surface area contributed by atoms with Gasteiger partial charge in [0.05, 0.1) is 0 Å². The quantitative estimate of drug-likeness (QED) is 0.331. The summed E-state index contributed by atoms with van der Waals surface area (Å²) in [6.45, 7) is 6.17. The van der Waals surface area contributed by atoms with Crippen molar-refractivity contribution in [1.29, 1.82) is 0 Å². The summed E-state index contributed by atoms with van der Waals surface area (Å²) in [5.41, 5.74) is 6.64. The first-order valence-electron chi connectivity index (χ1n) is 9.08. The van der Waals surface area contributed by atoms with Crippen LogP contribution in [-0.2, 0) is 4.79 Å². The molecule has 0 heterocycles. The van der Waals surface area contributed by atoms with Crippen LogP contribution >= 0.6 is 0 Å². The van der Waals surface area contributed by atoms with Crippen molar-refractivity contribution in [3.05, 3.63) is 30.3 Å². The van der Waals surface area contributed by atoms with E-state index in [9.17, 15) is 13.2 Å². The van der Waals surface area contributed by atoms with Crippen LogP contribution in [-0.4, -0.2) is 56.5 Å². The molecule has 0 aliphatic rings. The topological polar surface area (TPSA) is 99.4 Å². The molecule has 0 amide bonds. The lowest BCUT2D eigenvalue weighted by Gasteiger charge is -2.07. The second-order valence-electron chi connectivity index (χ2n) is 5.80. The molecule has 9 heteroatoms. The van der Waals surface area contributed by atoms with Crippen LogP contribution in [0.1, 0.15) is 25.7 Å². The summed E-state index contributed by atoms with van der Waals surface area (Å²) in [7, 11) is 0. The summed E-state index contributed by atoms with van der Waals surface area (Å²) in [5.74, 6) is -2.76. The van der Waals surface area contributed by atoms with Crippen LogP contribution in [0.25, 0.3) is 0 Å². The summed E-state index contributed by atoms with van der Waals surface area (Å²) in [4.78, 5) is 8.90. The molecule has 1 aromatic carbocycles. The molecule has 0 fully saturated rings. The molecule has 0 unspecified atom stereocenters. The van der Waals surface area contributed by atoms with Crippen LogP contribution < -0.4 is 21.7 Å². The number of hydrogen-bond donors (Lipinski definition) is 5. The Morgan fingerprint density at radius 2 is 1.37 bits per heavy atom. The van der Waals surface area contributed by atoms with E-state index in [1.54, 1.807) is 0 Å². The van der Waals surface area contributed by atoms with Crippen molar-refractivity contribution in [2.45, 2.75) is 31.9 Å². The summed E-state index contributed by atoms with van der Waals surface area (Å²) in [6, 6.07) is 10.4. The van der Waals surface area contributed by atoms with Gasteiger partial charge in [-0.3, -0.25) is 0 Å². The Bertz CT molecular complexity index is 473. The molecule has 156 valence electrons. The number of para-hydroxylation sites is 1. The van der Waals surface area contributed by atoms with Crippen LogP contribution in [0, 0.1) is 0 Å². The van der Waals surface area contributed by atoms with E-state index in [4.69, 9.17) is 15.6 Å². The molecule has 0 spiro atoms. The molecule has 6 nitrogen and oxygen atoms in total. The minimum Gasteiger partial charge on any atom is -0.475 e. The van der Waals surface area contributed by atoms with E-state index in [0.717, 1.165) is 52.1 Å². The van der Waals surface area contributed by atoms with Gasteiger partial charge < -0.3 is 26.8 Å². The van der Waals surface area contributed by atoms with Gasteiger partial charge in [0, 0.05) is 12.2 Å². The zero-order chi connectivity index (χ0) is 20.4. The standard InChI is InChI=1S/C16H30N4.C2HF3O2/c17-10-6-13-18-11-4-5-12-19-14-7-15-20-16-8-2-1-3-9-16;3-2(4,5)1(6)7/h1-3,8-9,18-20H,4-7,10-15,17H2;(H,6,7). The predicted octanol–water partition coefficient (Wildman–Crippen LogP) is 2.43. The van der Waals surface area contributed by atoms with Crippen LogP contribution in [0.2, 0.25) is 0 Å². The lowest BCUT2D eigenvalue weighted by Crippen LogP contribution is -2.22. The summed E-state index contributed by atoms with van der Waals surface area (Å²) >= 11 is 0. The minimum absolute atomic E-state index is 0.783. The van der Waals surface area contributed by atoms with Crippen LogP contribution in [0.15, 0.2) is 30.3 Å². The van der Waals surface area contributed by atoms with Crippen molar-refractivity contribution in [3.8, 4) is 0 Å². The molecule has 0 radical (unpaired) electrons. The molecule has 0 atom stereocenters. The Morgan fingerprint density at radius 1 is 0.889 bits per heavy atom. The van der Waals surface area contributed by atoms with Crippen molar-refractivity contribution in [2.24, 2.45) is 5.73 Å². The summed E-state index contributed by atoms with van der Waals surface area (Å²) in [5, 5.41) is 17.4. The molecule has 0 bridgehead atoms. The fourth-order valence-corrected chi connectivity index (χ4v) is 1.98. The Labute approximate surface area is 158 Å². The molecule has 0 aliphatic carbocycles. The van der Waals surface area contributed by atoms with Crippen LogP contribution in [0.5, 0.6) is 0 Å². The second kappa shape index (κ2) is 16.3. The van der Waals surface area contributed by atoms with Gasteiger partial charge in [0.15, 0.2) is 0 Å². The third kappa shape index (κ3) is 17.3. The maximum absolute atomic E-state index is 10.6. The van der Waals surface area contributed by atoms with Crippen molar-refractivity contribution in [3.63, 3.8) is 0 Å². The number of nitrogens with two attached hydrogens (primary N) is 1. The number of rotatable bonds is 13. The van der Waals surface area contributed by atoms with E-state index in [1.165, 1.54) is 18.5 Å². The van der Waals surface area contributed by atoms with E-state index < -0.39 is 12.1 Å². The molecule has 6 N–H and O–H groups in total. The molecule has 0 saturated carbocycles. The van der Waals surface area contributed by atoms with Gasteiger partial charge in [-0.15, -0.1) is 0 Å². The Kier molecular flexibility index (Phi) is 15.2. The van der Waals surface area contributed by atoms with Gasteiger partial charge in [-0.2, -0.15) is 13.2 Å². The third-order valence-corrected chi connectivity index (χ3v) is 3.39. The summed E-state index contributed by atoms with van der Waals surface area (Å²) in [6.07, 6.45) is -0.377. The Balaban J connectivity index is 0.000000821. The highest BCUT2D eigenvalue weighted by Crippen LogP contribution is 2.13. The van der Waals surface area contributed by atoms with E-state index in [-0.39, 0.29) is 0 Å². The number of alkyl halides is 3. The smallest absolute Gasteiger partial charge is 0.475 e. The van der Waals surface area contributed by atoms with Gasteiger partial charge >= 0.3 is 12.1 Å². The highest BCUT2D eigenvalue weighted by molar-refractivity contribution is 5.73. The first-order valence-corrected chi connectivity index (χ1v) is 9.08. The monoisotopic (exact) mass is 392 g/mol. The number of aliphatic carboxylic acids is 1. The van der Waals surface area contributed by atoms with Gasteiger partial charge in [-0.05, 0) is 70.5 Å². The first kappa shape index (κ1) is 25.2. The Hall–Kier alpha value is -1.84. The number of unbranched alkanes of at least 4 members (excludes halogenated alkanes) is 1. The molecule has 1 rings (SSSR count). The molecule has 0 aromatic heterocycles. The van der Waals surface area contributed by atoms with Gasteiger partial charge in [0.1, 0.15) is 0 Å². The molecule has 0 aliphatic heterocycles. The van der Waals surface area contributed by atoms with Gasteiger partial charge in [-0.25, -0.2) is 4.79 Å². The number of carbonyl (C=O) groups is 1. The number of carboxylic acids is 1. The van der Waals surface area contributed by atoms with Gasteiger partial charge in [0.25, 0.3) is 0 Å². The number of nitrogens with one attached hydrogen (secondary N) is 3. The third-order valence-electron chi connectivity index (χ3n) is 3.39. The molecular formula is C18H31F3N4O2. The van der Waals surface area contributed by atoms with Crippen molar-refractivity contribution >= 4 is 11.7 Å². The van der Waals surface area contributed by atoms with Gasteiger partial charge in [0.2, 0.25) is 0 Å². The van der Waals surface area contributed by atoms with Crippen LogP contribution in [0.4, 0.5) is 18.9 Å². The van der Waals surface area contributed by atoms with Crippen molar-refractivity contribution in [2.75, 3.05) is 44.6 Å². The van der Waals surface area contributed by atoms with Gasteiger partial charge in [-0.1, -0.05) is 18.2 Å². The average Bonchev–Trinajstić information content (AvgIpc) is 2.63. The Morgan fingerprint density at radius 3 is 1.85 bits per heavy atom. The zero-order valence-corrected chi connectivity index (χ0v) is 15.5. The predicted molar refractivity (Wildman–Crippen MR) is 102 cm³/mol. The lowest BCUT2D eigenvalue weighted by atomic mass is 10.3. The number of hydrogen-bond acceptors (Lipinski definition) is 5. The second-order valence-corrected chi connectivity index (χ2v) is 5.80. The summed E-state index contributed by atoms with van der Waals surface area (Å²) < 4.78 is 31.7. The first-order chi connectivity index (χ1) is 12.9. The molecule has 27 heavy (non-hydrogen) atoms. The number of benzene rings is 1. The number of halogens is 3. The maximum atomic E-state index is 10.6. The molecule has 0 saturated heterocycles. The average molecular weight is 392 g/mol. The SMILES string of the molecule is NCCCNCCCCNCCCNc1ccccc1.O=C(O)C(F)(F)F. The van der Waals surface area contributed by atoms with Crippen molar-refractivity contribution in [1.82, 2.24) is 10.6 Å². The highest BCUT2D eigenvalue weighted by atomic mass is 19.4. The van der Waals surface area contributed by atoms with Crippen molar-refractivity contribution < 1.29 is 23.1 Å². The van der Waals surface area contributed by atoms with E-state index >= 15 is 0 Å². The lowest BCUT2D eigenvalue weighted by molar-refractivity contribution is -0.192. The zero-order valence-electron chi connectivity index (χ0n) is 15.5.